The molecule has 0 spiro atoms. The average Bonchev–Trinajstić information content (AvgIpc) is 3.37. The van der Waals surface area contributed by atoms with Crippen LogP contribution in [0.15, 0.2) is 27.8 Å². The van der Waals surface area contributed by atoms with Crippen LogP contribution in [-0.2, 0) is 16.0 Å². The Kier molecular flexibility index (Phi) is 7.64. The van der Waals surface area contributed by atoms with Gasteiger partial charge in [-0.1, -0.05) is 24.4 Å². The highest BCUT2D eigenvalue weighted by atomic mass is 35.5. The van der Waals surface area contributed by atoms with Crippen LogP contribution in [0.1, 0.15) is 50.5 Å². The van der Waals surface area contributed by atoms with E-state index in [-0.39, 0.29) is 16.6 Å². The zero-order valence-corrected chi connectivity index (χ0v) is 20.7. The first kappa shape index (κ1) is 24.1. The molecule has 0 bridgehead atoms. The van der Waals surface area contributed by atoms with Crippen LogP contribution in [-0.4, -0.2) is 49.2 Å². The number of aliphatic hydroxyl groups excluding tert-OH is 1. The minimum absolute atomic E-state index is 0.0953. The third-order valence-corrected chi connectivity index (χ3v) is 8.12. The van der Waals surface area contributed by atoms with Gasteiger partial charge < -0.3 is 24.6 Å². The summed E-state index contributed by atoms with van der Waals surface area (Å²) in [7, 11) is 3.18. The summed E-state index contributed by atoms with van der Waals surface area (Å²) in [4.78, 5) is 17.8. The van der Waals surface area contributed by atoms with Crippen LogP contribution >= 0.6 is 23.4 Å². The molecule has 0 aromatic heterocycles. The number of thioether (sulfide) groups is 1. The van der Waals surface area contributed by atoms with Gasteiger partial charge in [0.2, 0.25) is 0 Å². The van der Waals surface area contributed by atoms with E-state index >= 15 is 0 Å². The fourth-order valence-corrected chi connectivity index (χ4v) is 6.11. The zero-order chi connectivity index (χ0) is 23.4. The van der Waals surface area contributed by atoms with E-state index in [4.69, 9.17) is 25.8 Å². The van der Waals surface area contributed by atoms with Gasteiger partial charge in [0.05, 0.1) is 19.2 Å². The molecule has 3 aliphatic rings. The Morgan fingerprint density at radius 2 is 2.00 bits per heavy atom. The number of aliphatic hydroxyl groups is 1. The Hall–Kier alpha value is -2.06. The van der Waals surface area contributed by atoms with Gasteiger partial charge in [-0.3, -0.25) is 4.99 Å². The van der Waals surface area contributed by atoms with E-state index in [1.54, 1.807) is 20.3 Å². The summed E-state index contributed by atoms with van der Waals surface area (Å²) in [5.41, 5.74) is 0.169. The van der Waals surface area contributed by atoms with Crippen LogP contribution in [0.25, 0.3) is 0 Å². The van der Waals surface area contributed by atoms with Crippen LogP contribution in [0.2, 0.25) is 5.02 Å². The molecule has 180 valence electrons. The number of benzene rings is 1. The first-order valence-electron chi connectivity index (χ1n) is 11.5. The number of esters is 1. The third-order valence-electron chi connectivity index (χ3n) is 6.75. The number of nitrogens with one attached hydrogen (secondary N) is 1. The maximum absolute atomic E-state index is 13.1. The number of amidine groups is 1. The highest BCUT2D eigenvalue weighted by molar-refractivity contribution is 8.17. The number of hydrogen-bond donors (Lipinski definition) is 2. The van der Waals surface area contributed by atoms with Gasteiger partial charge >= 0.3 is 5.97 Å². The van der Waals surface area contributed by atoms with Crippen molar-refractivity contribution in [3.63, 3.8) is 0 Å². The summed E-state index contributed by atoms with van der Waals surface area (Å²) >= 11 is 7.54. The molecule has 9 heteroatoms. The van der Waals surface area contributed by atoms with Gasteiger partial charge in [0, 0.05) is 25.6 Å². The van der Waals surface area contributed by atoms with E-state index in [1.165, 1.54) is 11.8 Å². The zero-order valence-electron chi connectivity index (χ0n) is 19.1. The minimum atomic E-state index is -0.749. The van der Waals surface area contributed by atoms with Gasteiger partial charge in [0.25, 0.3) is 0 Å². The van der Waals surface area contributed by atoms with Crippen LogP contribution in [0.5, 0.6) is 11.5 Å². The quantitative estimate of drug-likeness (QED) is 0.514. The number of ether oxygens (including phenoxy) is 3. The lowest BCUT2D eigenvalue weighted by Crippen LogP contribution is -2.46. The lowest BCUT2D eigenvalue weighted by Gasteiger charge is -2.41. The number of carbonyl (C=O) groups excluding carboxylic acids is 1. The number of nitrogens with zero attached hydrogens (tertiary/aromatic N) is 1. The molecule has 0 saturated heterocycles. The van der Waals surface area contributed by atoms with Crippen molar-refractivity contribution in [2.24, 2.45) is 10.9 Å². The molecule has 1 aromatic rings. The number of rotatable bonds is 7. The van der Waals surface area contributed by atoms with E-state index in [9.17, 15) is 9.90 Å². The van der Waals surface area contributed by atoms with Crippen molar-refractivity contribution in [3.8, 4) is 11.5 Å². The lowest BCUT2D eigenvalue weighted by molar-refractivity contribution is -0.166. The molecule has 0 amide bonds. The summed E-state index contributed by atoms with van der Waals surface area (Å²) in [6.45, 7) is 1.53. The standard InChI is InChI=1S/C24H31ClN2O5S/c1-30-19-13-20(31-2)17(25)12-15(19)8-9-24(16-6-3-4-7-16)14-18(28)21(22(29)32-24)33-23-26-10-5-11-27-23/h12-13,16,28H,3-11,14H2,1-2H3,(H,26,27). The van der Waals surface area contributed by atoms with Gasteiger partial charge in [-0.2, -0.15) is 0 Å². The molecule has 2 N–H and O–H groups in total. The van der Waals surface area contributed by atoms with Crippen LogP contribution in [0.4, 0.5) is 0 Å². The number of carbonyl (C=O) groups is 1. The summed E-state index contributed by atoms with van der Waals surface area (Å²) in [5, 5.41) is 15.3. The average molecular weight is 495 g/mol. The minimum Gasteiger partial charge on any atom is -0.511 e. The fourth-order valence-electron chi connectivity index (χ4n) is 5.01. The summed E-state index contributed by atoms with van der Waals surface area (Å²) in [6.07, 6.45) is 6.62. The number of hydrogen-bond acceptors (Lipinski definition) is 8. The summed E-state index contributed by atoms with van der Waals surface area (Å²) in [6, 6.07) is 3.62. The first-order chi connectivity index (χ1) is 16.0. The molecule has 7 nitrogen and oxygen atoms in total. The maximum atomic E-state index is 13.1. The molecule has 1 atom stereocenters. The number of aryl methyl sites for hydroxylation is 1. The molecule has 2 heterocycles. The molecule has 1 aliphatic carbocycles. The predicted molar refractivity (Wildman–Crippen MR) is 130 cm³/mol. The van der Waals surface area contributed by atoms with Gasteiger partial charge in [-0.15, -0.1) is 0 Å². The smallest absolute Gasteiger partial charge is 0.349 e. The monoisotopic (exact) mass is 494 g/mol. The number of halogens is 1. The van der Waals surface area contributed by atoms with E-state index in [0.717, 1.165) is 50.8 Å². The van der Waals surface area contributed by atoms with Gasteiger partial charge in [0.15, 0.2) is 5.17 Å². The van der Waals surface area contributed by atoms with Crippen molar-refractivity contribution >= 4 is 34.5 Å². The predicted octanol–water partition coefficient (Wildman–Crippen LogP) is 5.02. The topological polar surface area (TPSA) is 89.4 Å². The lowest BCUT2D eigenvalue weighted by atomic mass is 9.77. The van der Waals surface area contributed by atoms with E-state index in [0.29, 0.717) is 41.0 Å². The maximum Gasteiger partial charge on any atom is 0.349 e. The first-order valence-corrected chi connectivity index (χ1v) is 12.7. The third kappa shape index (κ3) is 5.22. The van der Waals surface area contributed by atoms with Crippen molar-refractivity contribution < 1.29 is 24.1 Å². The van der Waals surface area contributed by atoms with Gasteiger partial charge in [0.1, 0.15) is 27.8 Å². The summed E-state index contributed by atoms with van der Waals surface area (Å²) < 4.78 is 17.1. The Bertz CT molecular complexity index is 960. The second-order valence-electron chi connectivity index (χ2n) is 8.76. The van der Waals surface area contributed by atoms with Gasteiger partial charge in [-0.25, -0.2) is 4.79 Å². The van der Waals surface area contributed by atoms with Gasteiger partial charge in [-0.05, 0) is 61.4 Å². The van der Waals surface area contributed by atoms with E-state index in [1.807, 2.05) is 6.07 Å². The second-order valence-corrected chi connectivity index (χ2v) is 10.2. The number of methoxy groups -OCH3 is 2. The largest absolute Gasteiger partial charge is 0.511 e. The number of cyclic esters (lactones) is 1. The van der Waals surface area contributed by atoms with Crippen molar-refractivity contribution in [1.29, 1.82) is 0 Å². The molecule has 2 aliphatic heterocycles. The molecule has 33 heavy (non-hydrogen) atoms. The Labute approximate surface area is 203 Å². The molecule has 0 radical (unpaired) electrons. The van der Waals surface area contributed by atoms with Crippen molar-refractivity contribution in [2.75, 3.05) is 27.3 Å². The van der Waals surface area contributed by atoms with E-state index < -0.39 is 11.6 Å². The highest BCUT2D eigenvalue weighted by Crippen LogP contribution is 2.47. The second kappa shape index (κ2) is 10.5. The van der Waals surface area contributed by atoms with Crippen LogP contribution in [0, 0.1) is 5.92 Å². The Balaban J connectivity index is 1.58. The molecule has 1 fully saturated rings. The Morgan fingerprint density at radius 1 is 1.24 bits per heavy atom. The molecule has 1 unspecified atom stereocenters. The fraction of sp³-hybridized carbons (Fsp3) is 0.583. The van der Waals surface area contributed by atoms with E-state index in [2.05, 4.69) is 10.3 Å². The number of aliphatic imine (C=N–C) groups is 1. The molecular weight excluding hydrogens is 464 g/mol. The SMILES string of the molecule is COc1cc(OC)c(CCC2(C3CCCC3)CC(O)=C(SC3=NCCCN3)C(=O)O2)cc1Cl. The normalized spacial score (nSPS) is 23.7. The van der Waals surface area contributed by atoms with Crippen LogP contribution < -0.4 is 14.8 Å². The summed E-state index contributed by atoms with van der Waals surface area (Å²) in [5.74, 6) is 1.06. The Morgan fingerprint density at radius 3 is 2.64 bits per heavy atom. The van der Waals surface area contributed by atoms with Crippen molar-refractivity contribution in [2.45, 2.75) is 57.0 Å². The molecular formula is C24H31ClN2O5S. The highest BCUT2D eigenvalue weighted by Gasteiger charge is 2.48. The molecule has 1 saturated carbocycles. The molecule has 4 rings (SSSR count). The van der Waals surface area contributed by atoms with Crippen LogP contribution in [0.3, 0.4) is 0 Å². The van der Waals surface area contributed by atoms with Crippen molar-refractivity contribution in [3.05, 3.63) is 33.4 Å². The van der Waals surface area contributed by atoms with Crippen molar-refractivity contribution in [1.82, 2.24) is 5.32 Å². The molecule has 1 aromatic carbocycles.